The third-order valence-electron chi connectivity index (χ3n) is 4.15. The predicted molar refractivity (Wildman–Crippen MR) is 123 cm³/mol. The van der Waals surface area contributed by atoms with Gasteiger partial charge in [0.05, 0.1) is 32.3 Å². The molecule has 0 spiro atoms. The number of hydrogen-bond donors (Lipinski definition) is 1. The van der Waals surface area contributed by atoms with E-state index in [0.717, 1.165) is 36.1 Å². The van der Waals surface area contributed by atoms with Crippen molar-refractivity contribution in [2.24, 2.45) is 10.1 Å². The Balaban J connectivity index is 1.47. The molecular formula is C22H15N5S2. The van der Waals surface area contributed by atoms with Crippen molar-refractivity contribution in [1.29, 1.82) is 0 Å². The average Bonchev–Trinajstić information content (AvgIpc) is 3.37. The van der Waals surface area contributed by atoms with E-state index in [4.69, 9.17) is 9.98 Å². The number of benzene rings is 3. The van der Waals surface area contributed by atoms with Gasteiger partial charge in [0.15, 0.2) is 10.8 Å². The van der Waals surface area contributed by atoms with E-state index in [9.17, 15) is 0 Å². The van der Waals surface area contributed by atoms with Crippen molar-refractivity contribution in [3.8, 4) is 0 Å². The minimum Gasteiger partial charge on any atom is -0.259 e. The van der Waals surface area contributed by atoms with Crippen LogP contribution in [0.1, 0.15) is 10.0 Å². The highest BCUT2D eigenvalue weighted by molar-refractivity contribution is 7.20. The Morgan fingerprint density at radius 1 is 0.759 bits per heavy atom. The lowest BCUT2D eigenvalue weighted by Crippen LogP contribution is -2.18. The highest BCUT2D eigenvalue weighted by Crippen LogP contribution is 2.23. The quantitative estimate of drug-likeness (QED) is 0.237. The van der Waals surface area contributed by atoms with E-state index in [1.165, 1.54) is 0 Å². The zero-order chi connectivity index (χ0) is 19.5. The number of thiazole rings is 2. The summed E-state index contributed by atoms with van der Waals surface area (Å²) >= 11 is 3.18. The molecule has 0 saturated heterocycles. The number of para-hydroxylation sites is 3. The zero-order valence-electron chi connectivity index (χ0n) is 15.2. The van der Waals surface area contributed by atoms with Crippen LogP contribution in [0, 0.1) is 0 Å². The van der Waals surface area contributed by atoms with E-state index < -0.39 is 0 Å². The van der Waals surface area contributed by atoms with Crippen LogP contribution in [-0.2, 0) is 0 Å². The molecule has 5 rings (SSSR count). The topological polar surface area (TPSA) is 62.5 Å². The molecule has 5 aromatic rings. The second-order valence-corrected chi connectivity index (χ2v) is 8.27. The summed E-state index contributed by atoms with van der Waals surface area (Å²) in [5.41, 5.74) is 5.83. The van der Waals surface area contributed by atoms with E-state index in [-0.39, 0.29) is 0 Å². The van der Waals surface area contributed by atoms with E-state index in [0.29, 0.717) is 5.84 Å². The Kier molecular flexibility index (Phi) is 4.81. The Hall–Kier alpha value is -3.42. The second-order valence-electron chi connectivity index (χ2n) is 6.17. The molecule has 3 aromatic carbocycles. The van der Waals surface area contributed by atoms with Gasteiger partial charge in [-0.05, 0) is 36.4 Å². The fourth-order valence-corrected chi connectivity index (χ4v) is 4.56. The predicted octanol–water partition coefficient (Wildman–Crippen LogP) is 5.61. The Morgan fingerprint density at radius 3 is 2.14 bits per heavy atom. The number of rotatable bonds is 4. The molecule has 29 heavy (non-hydrogen) atoms. The van der Waals surface area contributed by atoms with Gasteiger partial charge in [0, 0.05) is 0 Å². The number of fused-ring (bicyclic) bond motifs is 2. The summed E-state index contributed by atoms with van der Waals surface area (Å²) in [5.74, 6) is 0.606. The van der Waals surface area contributed by atoms with Crippen LogP contribution in [0.4, 0.5) is 5.69 Å². The zero-order valence-corrected chi connectivity index (χ0v) is 16.8. The SMILES string of the molecule is C(=N/NC(=Nc1ccccc1)c1nc2ccccc2s1)/c1nc2ccccc2s1. The van der Waals surface area contributed by atoms with E-state index in [1.54, 1.807) is 28.9 Å². The van der Waals surface area contributed by atoms with Crippen LogP contribution in [0.3, 0.4) is 0 Å². The number of nitrogens with one attached hydrogen (secondary N) is 1. The summed E-state index contributed by atoms with van der Waals surface area (Å²) < 4.78 is 2.25. The number of aliphatic imine (C=N–C) groups is 1. The summed E-state index contributed by atoms with van der Waals surface area (Å²) in [4.78, 5) is 14.0. The van der Waals surface area contributed by atoms with Gasteiger partial charge in [0.1, 0.15) is 5.01 Å². The van der Waals surface area contributed by atoms with E-state index in [2.05, 4.69) is 27.6 Å². The van der Waals surface area contributed by atoms with Crippen molar-refractivity contribution < 1.29 is 0 Å². The van der Waals surface area contributed by atoms with Gasteiger partial charge in [-0.3, -0.25) is 5.43 Å². The minimum atomic E-state index is 0.606. The van der Waals surface area contributed by atoms with Gasteiger partial charge in [-0.2, -0.15) is 5.10 Å². The molecule has 7 heteroatoms. The third-order valence-corrected chi connectivity index (χ3v) is 6.16. The van der Waals surface area contributed by atoms with Crippen LogP contribution in [0.2, 0.25) is 0 Å². The molecule has 0 aliphatic rings. The molecule has 0 radical (unpaired) electrons. The Labute approximate surface area is 175 Å². The largest absolute Gasteiger partial charge is 0.259 e. The maximum atomic E-state index is 4.72. The third kappa shape index (κ3) is 3.91. The molecule has 0 fully saturated rings. The molecule has 0 amide bonds. The molecule has 0 unspecified atom stereocenters. The first-order valence-electron chi connectivity index (χ1n) is 8.99. The molecule has 5 nitrogen and oxygen atoms in total. The molecule has 0 aliphatic heterocycles. The first-order chi connectivity index (χ1) is 14.3. The summed E-state index contributed by atoms with van der Waals surface area (Å²) in [6, 6.07) is 25.9. The molecular weight excluding hydrogens is 398 g/mol. The summed E-state index contributed by atoms with van der Waals surface area (Å²) in [7, 11) is 0. The van der Waals surface area contributed by atoms with Crippen molar-refractivity contribution >= 4 is 60.8 Å². The molecule has 0 saturated carbocycles. The highest BCUT2D eigenvalue weighted by Gasteiger charge is 2.10. The fraction of sp³-hybridized carbons (Fsp3) is 0. The van der Waals surface area contributed by atoms with Crippen LogP contribution in [-0.4, -0.2) is 22.0 Å². The van der Waals surface area contributed by atoms with Gasteiger partial charge in [0.25, 0.3) is 0 Å². The van der Waals surface area contributed by atoms with E-state index in [1.807, 2.05) is 66.7 Å². The second kappa shape index (κ2) is 7.90. The Morgan fingerprint density at radius 2 is 1.41 bits per heavy atom. The lowest BCUT2D eigenvalue weighted by molar-refractivity contribution is 1.03. The van der Waals surface area contributed by atoms with Gasteiger partial charge in [-0.15, -0.1) is 22.7 Å². The maximum Gasteiger partial charge on any atom is 0.183 e. The van der Waals surface area contributed by atoms with Gasteiger partial charge < -0.3 is 0 Å². The van der Waals surface area contributed by atoms with Crippen LogP contribution in [0.25, 0.3) is 20.4 Å². The number of aromatic nitrogens is 2. The lowest BCUT2D eigenvalue weighted by Gasteiger charge is -2.02. The molecule has 140 valence electrons. The monoisotopic (exact) mass is 413 g/mol. The number of amidine groups is 1. The lowest BCUT2D eigenvalue weighted by atomic mass is 10.3. The van der Waals surface area contributed by atoms with Gasteiger partial charge in [-0.25, -0.2) is 15.0 Å². The highest BCUT2D eigenvalue weighted by atomic mass is 32.1. The maximum absolute atomic E-state index is 4.72. The molecule has 0 aliphatic carbocycles. The smallest absolute Gasteiger partial charge is 0.183 e. The number of hydrogen-bond acceptors (Lipinski definition) is 6. The van der Waals surface area contributed by atoms with E-state index >= 15 is 0 Å². The van der Waals surface area contributed by atoms with Crippen molar-refractivity contribution in [1.82, 2.24) is 15.4 Å². The number of hydrazone groups is 1. The van der Waals surface area contributed by atoms with Gasteiger partial charge in [0.2, 0.25) is 0 Å². The van der Waals surface area contributed by atoms with Gasteiger partial charge >= 0.3 is 0 Å². The van der Waals surface area contributed by atoms with Crippen LogP contribution >= 0.6 is 22.7 Å². The van der Waals surface area contributed by atoms with Crippen molar-refractivity contribution in [2.45, 2.75) is 0 Å². The molecule has 0 atom stereocenters. The Bertz CT molecular complexity index is 1270. The standard InChI is InChI=1S/C22H15N5S2/c1-2-8-15(9-3-1)24-21(22-26-17-11-5-7-13-19(17)29-22)27-23-14-20-25-16-10-4-6-12-18(16)28-20/h1-14H,(H,24,27)/b23-14-. The molecule has 0 bridgehead atoms. The minimum absolute atomic E-state index is 0.606. The molecule has 1 N–H and O–H groups in total. The first kappa shape index (κ1) is 17.7. The summed E-state index contributed by atoms with van der Waals surface area (Å²) in [5, 5.41) is 6.01. The first-order valence-corrected chi connectivity index (χ1v) is 10.6. The number of nitrogens with zero attached hydrogens (tertiary/aromatic N) is 4. The van der Waals surface area contributed by atoms with Crippen molar-refractivity contribution in [3.05, 3.63) is 88.9 Å². The normalized spacial score (nSPS) is 12.2. The fourth-order valence-electron chi connectivity index (χ4n) is 2.82. The molecule has 2 aromatic heterocycles. The van der Waals surface area contributed by atoms with Crippen LogP contribution in [0.15, 0.2) is 89.0 Å². The van der Waals surface area contributed by atoms with Gasteiger partial charge in [-0.1, -0.05) is 42.5 Å². The van der Waals surface area contributed by atoms with Crippen molar-refractivity contribution in [3.63, 3.8) is 0 Å². The van der Waals surface area contributed by atoms with Crippen molar-refractivity contribution in [2.75, 3.05) is 0 Å². The van der Waals surface area contributed by atoms with Crippen LogP contribution in [0.5, 0.6) is 0 Å². The summed E-state index contributed by atoms with van der Waals surface area (Å²) in [6.07, 6.45) is 1.72. The van der Waals surface area contributed by atoms with Crippen LogP contribution < -0.4 is 5.43 Å². The molecule has 2 heterocycles. The average molecular weight is 414 g/mol. The summed E-state index contributed by atoms with van der Waals surface area (Å²) in [6.45, 7) is 0.